The van der Waals surface area contributed by atoms with E-state index in [1.165, 1.54) is 0 Å². The van der Waals surface area contributed by atoms with Crippen LogP contribution in [-0.4, -0.2) is 56.1 Å². The zero-order valence-corrected chi connectivity index (χ0v) is 13.8. The van der Waals surface area contributed by atoms with E-state index >= 15 is 0 Å². The molecule has 5 rings (SSSR count). The maximum atomic E-state index is 12.8. The smallest absolute Gasteiger partial charge is 0.276 e. The van der Waals surface area contributed by atoms with Crippen LogP contribution in [0.5, 0.6) is 0 Å². The van der Waals surface area contributed by atoms with Crippen LogP contribution >= 0.6 is 0 Å². The molecule has 2 fully saturated rings. The van der Waals surface area contributed by atoms with Crippen LogP contribution in [0, 0.1) is 0 Å². The van der Waals surface area contributed by atoms with Gasteiger partial charge in [-0.3, -0.25) is 9.69 Å². The predicted molar refractivity (Wildman–Crippen MR) is 85.4 cm³/mol. The number of likely N-dealkylation sites (tertiary alicyclic amines) is 1. The lowest BCUT2D eigenvalue weighted by atomic mass is 9.94. The molecular formula is C17H21N5O2. The first-order chi connectivity index (χ1) is 11.6. The van der Waals surface area contributed by atoms with Gasteiger partial charge in [0.25, 0.3) is 5.91 Å². The molecule has 1 spiro atoms. The van der Waals surface area contributed by atoms with Crippen molar-refractivity contribution in [1.82, 2.24) is 24.5 Å². The van der Waals surface area contributed by atoms with E-state index in [4.69, 9.17) is 4.52 Å². The lowest BCUT2D eigenvalue weighted by molar-refractivity contribution is 0.0578. The molecule has 24 heavy (non-hydrogen) atoms. The molecule has 2 aliphatic heterocycles. The van der Waals surface area contributed by atoms with Gasteiger partial charge in [0.15, 0.2) is 5.69 Å². The second-order valence-electron chi connectivity index (χ2n) is 7.42. The topological polar surface area (TPSA) is 67.4 Å². The average Bonchev–Trinajstić information content (AvgIpc) is 3.01. The molecule has 7 heteroatoms. The van der Waals surface area contributed by atoms with E-state index in [0.717, 1.165) is 57.0 Å². The van der Waals surface area contributed by atoms with Crippen LogP contribution < -0.4 is 0 Å². The summed E-state index contributed by atoms with van der Waals surface area (Å²) in [6, 6.07) is 1.84. The van der Waals surface area contributed by atoms with Crippen LogP contribution in [-0.2, 0) is 13.1 Å². The van der Waals surface area contributed by atoms with Gasteiger partial charge in [-0.15, -0.1) is 0 Å². The predicted octanol–water partition coefficient (Wildman–Crippen LogP) is 1.48. The summed E-state index contributed by atoms with van der Waals surface area (Å²) in [7, 11) is 2.13. The first-order valence-electron chi connectivity index (χ1n) is 8.62. The fourth-order valence-corrected chi connectivity index (χ4v) is 4.04. The zero-order valence-electron chi connectivity index (χ0n) is 13.8. The maximum Gasteiger partial charge on any atom is 0.276 e. The van der Waals surface area contributed by atoms with Crippen LogP contribution in [0.2, 0.25) is 0 Å². The van der Waals surface area contributed by atoms with Gasteiger partial charge in [-0.25, -0.2) is 4.98 Å². The number of imidazole rings is 1. The fraction of sp³-hybridized carbons (Fsp3) is 0.588. The fourth-order valence-electron chi connectivity index (χ4n) is 4.04. The second-order valence-corrected chi connectivity index (χ2v) is 7.42. The Morgan fingerprint density at radius 2 is 2.25 bits per heavy atom. The van der Waals surface area contributed by atoms with Crippen LogP contribution in [0.4, 0.5) is 0 Å². The third-order valence-corrected chi connectivity index (χ3v) is 5.80. The monoisotopic (exact) mass is 327 g/mol. The first-order valence-corrected chi connectivity index (χ1v) is 8.62. The van der Waals surface area contributed by atoms with Gasteiger partial charge in [0.2, 0.25) is 0 Å². The van der Waals surface area contributed by atoms with E-state index in [0.29, 0.717) is 11.6 Å². The first kappa shape index (κ1) is 14.2. The minimum Gasteiger partial charge on any atom is -0.360 e. The Balaban J connectivity index is 1.35. The molecule has 0 aromatic carbocycles. The van der Waals surface area contributed by atoms with Gasteiger partial charge in [-0.05, 0) is 26.3 Å². The van der Waals surface area contributed by atoms with Crippen molar-refractivity contribution in [3.8, 4) is 0 Å². The van der Waals surface area contributed by atoms with Crippen LogP contribution in [0.3, 0.4) is 0 Å². The highest BCUT2D eigenvalue weighted by Gasteiger charge is 2.46. The number of hydrogen-bond acceptors (Lipinski definition) is 5. The Kier molecular flexibility index (Phi) is 2.92. The molecule has 1 amide bonds. The van der Waals surface area contributed by atoms with Crippen molar-refractivity contribution >= 4 is 5.91 Å². The molecule has 1 saturated heterocycles. The molecule has 1 saturated carbocycles. The van der Waals surface area contributed by atoms with E-state index in [9.17, 15) is 4.79 Å². The van der Waals surface area contributed by atoms with E-state index in [1.807, 2.05) is 23.4 Å². The lowest BCUT2D eigenvalue weighted by Gasteiger charge is -2.42. The number of fused-ring (bicyclic) bond motifs is 1. The number of carbonyl (C=O) groups is 1. The number of rotatable bonds is 2. The summed E-state index contributed by atoms with van der Waals surface area (Å²) in [6.45, 7) is 3.20. The van der Waals surface area contributed by atoms with Crippen molar-refractivity contribution in [3.05, 3.63) is 35.7 Å². The minimum absolute atomic E-state index is 0.00708. The maximum absolute atomic E-state index is 12.8. The van der Waals surface area contributed by atoms with Crippen molar-refractivity contribution in [1.29, 1.82) is 0 Å². The Bertz CT molecular complexity index is 793. The minimum atomic E-state index is -0.00752. The highest BCUT2D eigenvalue weighted by atomic mass is 16.5. The standard InChI is InChI=1S/C17H21N5O2/c1-20-9-15-18-5-7-21(15)10-17(20)4-6-22(11-17)16(23)13-8-14(24-19-13)12-2-3-12/h5,7-8,12H,2-4,6,9-11H2,1H3. The number of hydrogen-bond donors (Lipinski definition) is 0. The van der Waals surface area contributed by atoms with Gasteiger partial charge < -0.3 is 14.0 Å². The van der Waals surface area contributed by atoms with Crippen molar-refractivity contribution in [2.45, 2.75) is 43.8 Å². The van der Waals surface area contributed by atoms with Gasteiger partial charge in [-0.1, -0.05) is 5.16 Å². The summed E-state index contributed by atoms with van der Waals surface area (Å²) in [5.74, 6) is 2.43. The van der Waals surface area contributed by atoms with E-state index in [-0.39, 0.29) is 11.4 Å². The summed E-state index contributed by atoms with van der Waals surface area (Å²) in [5, 5.41) is 4.01. The lowest BCUT2D eigenvalue weighted by Crippen LogP contribution is -2.54. The van der Waals surface area contributed by atoms with Gasteiger partial charge in [0.1, 0.15) is 11.6 Å². The largest absolute Gasteiger partial charge is 0.360 e. The third-order valence-electron chi connectivity index (χ3n) is 5.80. The molecule has 2 aromatic heterocycles. The van der Waals surface area contributed by atoms with Gasteiger partial charge >= 0.3 is 0 Å². The Labute approximate surface area is 140 Å². The normalized spacial score (nSPS) is 27.0. The van der Waals surface area contributed by atoms with Crippen LogP contribution in [0.25, 0.3) is 0 Å². The van der Waals surface area contributed by atoms with Crippen molar-refractivity contribution in [2.24, 2.45) is 0 Å². The highest BCUT2D eigenvalue weighted by Crippen LogP contribution is 2.40. The molecule has 1 aliphatic carbocycles. The molecule has 3 aliphatic rings. The number of nitrogens with zero attached hydrogens (tertiary/aromatic N) is 5. The van der Waals surface area contributed by atoms with Crippen LogP contribution in [0.15, 0.2) is 23.0 Å². The number of likely N-dealkylation sites (N-methyl/N-ethyl adjacent to an activating group) is 1. The van der Waals surface area contributed by atoms with Crippen molar-refractivity contribution in [2.75, 3.05) is 20.1 Å². The molecule has 4 heterocycles. The molecule has 1 unspecified atom stereocenters. The highest BCUT2D eigenvalue weighted by molar-refractivity contribution is 5.92. The summed E-state index contributed by atoms with van der Waals surface area (Å²) in [4.78, 5) is 21.5. The molecular weight excluding hydrogens is 306 g/mol. The summed E-state index contributed by atoms with van der Waals surface area (Å²) in [5.41, 5.74) is 0.447. The summed E-state index contributed by atoms with van der Waals surface area (Å²) in [6.07, 6.45) is 7.16. The Hall–Kier alpha value is -2.15. The number of amides is 1. The molecule has 0 N–H and O–H groups in total. The Morgan fingerprint density at radius 1 is 1.38 bits per heavy atom. The molecule has 0 radical (unpaired) electrons. The molecule has 1 atom stereocenters. The summed E-state index contributed by atoms with van der Waals surface area (Å²) < 4.78 is 7.56. The van der Waals surface area contributed by atoms with E-state index in [1.54, 1.807) is 0 Å². The average molecular weight is 327 g/mol. The second kappa shape index (κ2) is 4.92. The third kappa shape index (κ3) is 2.11. The SMILES string of the molecule is CN1Cc2nccn2CC12CCN(C(=O)c1cc(C3CC3)on1)C2. The van der Waals surface area contributed by atoms with Gasteiger partial charge in [-0.2, -0.15) is 0 Å². The molecule has 126 valence electrons. The van der Waals surface area contributed by atoms with Crippen LogP contribution in [0.1, 0.15) is 47.3 Å². The number of aromatic nitrogens is 3. The molecule has 0 bridgehead atoms. The summed E-state index contributed by atoms with van der Waals surface area (Å²) >= 11 is 0. The Morgan fingerprint density at radius 3 is 3.08 bits per heavy atom. The zero-order chi connectivity index (χ0) is 16.3. The van der Waals surface area contributed by atoms with Crippen molar-refractivity contribution in [3.63, 3.8) is 0 Å². The molecule has 2 aromatic rings. The van der Waals surface area contributed by atoms with Gasteiger partial charge in [0.05, 0.1) is 12.1 Å². The van der Waals surface area contributed by atoms with Gasteiger partial charge in [0, 0.05) is 44.0 Å². The van der Waals surface area contributed by atoms with E-state index in [2.05, 4.69) is 26.7 Å². The number of carbonyl (C=O) groups excluding carboxylic acids is 1. The quantitative estimate of drug-likeness (QED) is 0.836. The van der Waals surface area contributed by atoms with Crippen molar-refractivity contribution < 1.29 is 9.32 Å². The molecule has 7 nitrogen and oxygen atoms in total. The van der Waals surface area contributed by atoms with E-state index < -0.39 is 0 Å².